The van der Waals surface area contributed by atoms with Gasteiger partial charge in [0.05, 0.1) is 0 Å². The molecular formula is C15H42NO12P3. The average Bonchev–Trinajstić information content (AvgIpc) is 2.50. The van der Waals surface area contributed by atoms with Gasteiger partial charge in [-0.25, -0.2) is 13.7 Å². The van der Waals surface area contributed by atoms with Crippen molar-refractivity contribution < 1.29 is 57.7 Å². The number of rotatable bonds is 12. The fourth-order valence-corrected chi connectivity index (χ4v) is 2.09. The smallest absolute Gasteiger partial charge is 0.303 e. The highest BCUT2D eigenvalue weighted by atomic mass is 31.2. The van der Waals surface area contributed by atoms with Crippen LogP contribution in [0.3, 0.4) is 0 Å². The van der Waals surface area contributed by atoms with Gasteiger partial charge in [0.25, 0.3) is 0 Å². The van der Waals surface area contributed by atoms with E-state index in [4.69, 9.17) is 57.7 Å². The van der Waals surface area contributed by atoms with E-state index in [1.165, 1.54) is 77.4 Å². The van der Waals surface area contributed by atoms with Crippen molar-refractivity contribution in [3.8, 4) is 0 Å². The molecule has 0 radical (unpaired) electrons. The standard InChI is InChI=1S/C15H33N.3H3O4P/c1-4-7-10-13-16(14-11-8-5-2)15-12-9-6-3;3*1-5(2,3)4/h4-15H2,1-3H3;3*(H3,1,2,3,4). The Morgan fingerprint density at radius 3 is 0.742 bits per heavy atom. The SMILES string of the molecule is CCCCCN(CCCCC)CCCCC.O=P(O)(O)O.O=P(O)(O)O.O=P(O)(O)O. The lowest BCUT2D eigenvalue weighted by Gasteiger charge is -2.22. The zero-order chi connectivity index (χ0) is 25.6. The summed E-state index contributed by atoms with van der Waals surface area (Å²) in [5.41, 5.74) is 0. The lowest BCUT2D eigenvalue weighted by Crippen LogP contribution is -2.27. The van der Waals surface area contributed by atoms with Crippen molar-refractivity contribution in [2.75, 3.05) is 19.6 Å². The highest BCUT2D eigenvalue weighted by Gasteiger charge is 2.03. The van der Waals surface area contributed by atoms with Crippen LogP contribution in [-0.4, -0.2) is 68.6 Å². The summed E-state index contributed by atoms with van der Waals surface area (Å²) in [6.45, 7) is 10.9. The first kappa shape index (κ1) is 38.5. The van der Waals surface area contributed by atoms with Gasteiger partial charge in [-0.15, -0.1) is 0 Å². The molecule has 9 N–H and O–H groups in total. The fraction of sp³-hybridized carbons (Fsp3) is 1.00. The molecule has 0 aromatic rings. The van der Waals surface area contributed by atoms with E-state index in [1.807, 2.05) is 0 Å². The first-order valence-electron chi connectivity index (χ1n) is 9.92. The molecular weight excluding hydrogens is 479 g/mol. The second kappa shape index (κ2) is 23.4. The number of nitrogens with zero attached hydrogens (tertiary/aromatic N) is 1. The zero-order valence-electron chi connectivity index (χ0n) is 18.5. The third-order valence-electron chi connectivity index (χ3n) is 3.23. The van der Waals surface area contributed by atoms with E-state index in [0.29, 0.717) is 0 Å². The Morgan fingerprint density at radius 2 is 0.613 bits per heavy atom. The maximum absolute atomic E-state index is 8.88. The molecule has 0 bridgehead atoms. The van der Waals surface area contributed by atoms with Gasteiger partial charge < -0.3 is 48.9 Å². The Hall–Kier alpha value is 0.290. The van der Waals surface area contributed by atoms with Crippen LogP contribution in [0.2, 0.25) is 0 Å². The molecule has 0 spiro atoms. The van der Waals surface area contributed by atoms with Crippen LogP contribution < -0.4 is 0 Å². The second-order valence-electron chi connectivity index (χ2n) is 6.50. The van der Waals surface area contributed by atoms with Crippen molar-refractivity contribution in [2.45, 2.75) is 78.6 Å². The molecule has 0 aliphatic rings. The van der Waals surface area contributed by atoms with Crippen LogP contribution in [0.4, 0.5) is 0 Å². The number of unbranched alkanes of at least 4 members (excludes halogenated alkanes) is 6. The molecule has 0 heterocycles. The summed E-state index contributed by atoms with van der Waals surface area (Å²) in [4.78, 5) is 67.4. The average molecular weight is 521 g/mol. The summed E-state index contributed by atoms with van der Waals surface area (Å²) in [5, 5.41) is 0. The Kier molecular flexibility index (Phi) is 29.2. The monoisotopic (exact) mass is 521 g/mol. The molecule has 16 heteroatoms. The minimum atomic E-state index is -4.64. The molecule has 0 saturated carbocycles. The topological polar surface area (TPSA) is 237 Å². The van der Waals surface area contributed by atoms with Crippen LogP contribution in [0.15, 0.2) is 0 Å². The molecule has 13 nitrogen and oxygen atoms in total. The number of hydrogen-bond acceptors (Lipinski definition) is 4. The fourth-order valence-electron chi connectivity index (χ4n) is 2.09. The van der Waals surface area contributed by atoms with Crippen LogP contribution in [0, 0.1) is 0 Å². The van der Waals surface area contributed by atoms with Crippen molar-refractivity contribution in [3.05, 3.63) is 0 Å². The largest absolute Gasteiger partial charge is 0.466 e. The summed E-state index contributed by atoms with van der Waals surface area (Å²) < 4.78 is 26.6. The van der Waals surface area contributed by atoms with E-state index in [1.54, 1.807) is 0 Å². The van der Waals surface area contributed by atoms with Gasteiger partial charge >= 0.3 is 23.5 Å². The Balaban J connectivity index is -0.000000197. The Bertz CT molecular complexity index is 409. The van der Waals surface area contributed by atoms with Gasteiger partial charge in [0, 0.05) is 0 Å². The maximum atomic E-state index is 8.88. The molecule has 0 aromatic carbocycles. The van der Waals surface area contributed by atoms with Crippen LogP contribution >= 0.6 is 23.5 Å². The van der Waals surface area contributed by atoms with Crippen LogP contribution in [-0.2, 0) is 13.7 Å². The van der Waals surface area contributed by atoms with E-state index >= 15 is 0 Å². The lowest BCUT2D eigenvalue weighted by molar-refractivity contribution is 0.256. The van der Waals surface area contributed by atoms with Gasteiger partial charge in [0.1, 0.15) is 0 Å². The van der Waals surface area contributed by atoms with E-state index in [2.05, 4.69) is 25.7 Å². The van der Waals surface area contributed by atoms with Gasteiger partial charge in [-0.1, -0.05) is 59.3 Å². The highest BCUT2D eigenvalue weighted by molar-refractivity contribution is 7.45. The van der Waals surface area contributed by atoms with Gasteiger partial charge in [0.2, 0.25) is 0 Å². The van der Waals surface area contributed by atoms with Crippen molar-refractivity contribution in [1.29, 1.82) is 0 Å². The predicted octanol–water partition coefficient (Wildman–Crippen LogP) is 2.07. The maximum Gasteiger partial charge on any atom is 0.466 e. The van der Waals surface area contributed by atoms with Crippen molar-refractivity contribution in [1.82, 2.24) is 4.90 Å². The zero-order valence-corrected chi connectivity index (χ0v) is 21.2. The molecule has 0 aromatic heterocycles. The van der Waals surface area contributed by atoms with Gasteiger partial charge in [-0.05, 0) is 38.9 Å². The molecule has 0 amide bonds. The summed E-state index contributed by atoms with van der Waals surface area (Å²) in [5.74, 6) is 0. The molecule has 0 saturated heterocycles. The molecule has 194 valence electrons. The van der Waals surface area contributed by atoms with E-state index in [-0.39, 0.29) is 0 Å². The Labute approximate surface area is 184 Å². The lowest BCUT2D eigenvalue weighted by atomic mass is 10.2. The van der Waals surface area contributed by atoms with Crippen molar-refractivity contribution >= 4 is 23.5 Å². The van der Waals surface area contributed by atoms with Crippen LogP contribution in [0.25, 0.3) is 0 Å². The number of phosphoric acid groups is 3. The van der Waals surface area contributed by atoms with Crippen LogP contribution in [0.5, 0.6) is 0 Å². The first-order chi connectivity index (χ1) is 13.8. The third-order valence-corrected chi connectivity index (χ3v) is 3.23. The third kappa shape index (κ3) is 104. The normalized spacial score (nSPS) is 11.5. The van der Waals surface area contributed by atoms with Gasteiger partial charge in [-0.2, -0.15) is 0 Å². The summed E-state index contributed by atoms with van der Waals surface area (Å²) in [7, 11) is -13.9. The highest BCUT2D eigenvalue weighted by Crippen LogP contribution is 2.26. The molecule has 0 aliphatic heterocycles. The molecule has 0 fully saturated rings. The van der Waals surface area contributed by atoms with E-state index < -0.39 is 23.5 Å². The van der Waals surface area contributed by atoms with E-state index in [0.717, 1.165) is 0 Å². The molecule has 31 heavy (non-hydrogen) atoms. The minimum Gasteiger partial charge on any atom is -0.303 e. The Morgan fingerprint density at radius 1 is 0.452 bits per heavy atom. The predicted molar refractivity (Wildman–Crippen MR) is 118 cm³/mol. The summed E-state index contributed by atoms with van der Waals surface area (Å²) in [6.07, 6.45) is 12.4. The summed E-state index contributed by atoms with van der Waals surface area (Å²) >= 11 is 0. The quantitative estimate of drug-likeness (QED) is 0.132. The first-order valence-corrected chi connectivity index (χ1v) is 14.6. The molecule has 0 rings (SSSR count). The molecule has 0 unspecified atom stereocenters. The minimum absolute atomic E-state index is 1.33. The van der Waals surface area contributed by atoms with Crippen molar-refractivity contribution in [3.63, 3.8) is 0 Å². The van der Waals surface area contributed by atoms with Gasteiger partial charge in [-0.3, -0.25) is 0 Å². The van der Waals surface area contributed by atoms with Crippen molar-refractivity contribution in [2.24, 2.45) is 0 Å². The summed E-state index contributed by atoms with van der Waals surface area (Å²) in [6, 6.07) is 0. The second-order valence-corrected chi connectivity index (χ2v) is 9.58. The van der Waals surface area contributed by atoms with Gasteiger partial charge in [0.15, 0.2) is 0 Å². The molecule has 0 atom stereocenters. The molecule has 0 aliphatic carbocycles. The van der Waals surface area contributed by atoms with E-state index in [9.17, 15) is 0 Å². The van der Waals surface area contributed by atoms with Crippen LogP contribution in [0.1, 0.15) is 78.6 Å². The number of hydrogen-bond donors (Lipinski definition) is 9.